The van der Waals surface area contributed by atoms with Crippen LogP contribution in [0.1, 0.15) is 64.6 Å². The Hall–Kier alpha value is -2.36. The molecule has 0 saturated heterocycles. The first kappa shape index (κ1) is 15.2. The molecule has 1 aliphatic heterocycles. The number of pyridine rings is 1. The van der Waals surface area contributed by atoms with Gasteiger partial charge in [-0.05, 0) is 72.8 Å². The van der Waals surface area contributed by atoms with Gasteiger partial charge in [-0.2, -0.15) is 0 Å². The zero-order chi connectivity index (χ0) is 16.5. The average Bonchev–Trinajstić information content (AvgIpc) is 3.44. The molecular weight excluding hydrogens is 302 g/mol. The molecule has 0 amide bonds. The van der Waals surface area contributed by atoms with Gasteiger partial charge in [-0.1, -0.05) is 12.1 Å². The highest BCUT2D eigenvalue weighted by atomic mass is 16.5. The Morgan fingerprint density at radius 2 is 2.12 bits per heavy atom. The number of carboxylic acids is 1. The van der Waals surface area contributed by atoms with Gasteiger partial charge in [0, 0.05) is 12.4 Å². The van der Waals surface area contributed by atoms with Crippen LogP contribution in [0.3, 0.4) is 0 Å². The third kappa shape index (κ3) is 3.01. The lowest BCUT2D eigenvalue weighted by atomic mass is 9.86. The Kier molecular flexibility index (Phi) is 3.97. The van der Waals surface area contributed by atoms with E-state index in [0.29, 0.717) is 11.5 Å². The fourth-order valence-corrected chi connectivity index (χ4v) is 3.62. The van der Waals surface area contributed by atoms with Crippen molar-refractivity contribution >= 4 is 5.97 Å². The highest BCUT2D eigenvalue weighted by molar-refractivity contribution is 5.89. The van der Waals surface area contributed by atoms with Crippen LogP contribution in [0.5, 0.6) is 5.75 Å². The number of hydrogen-bond acceptors (Lipinski definition) is 3. The van der Waals surface area contributed by atoms with E-state index in [9.17, 15) is 9.90 Å². The summed E-state index contributed by atoms with van der Waals surface area (Å²) in [6, 6.07) is 8.25. The molecule has 2 aliphatic rings. The number of benzene rings is 1. The first-order chi connectivity index (χ1) is 11.7. The minimum atomic E-state index is -0.881. The van der Waals surface area contributed by atoms with Crippen LogP contribution < -0.4 is 4.74 Å². The topological polar surface area (TPSA) is 59.4 Å². The molecule has 1 atom stereocenters. The molecule has 4 nitrogen and oxygen atoms in total. The van der Waals surface area contributed by atoms with Gasteiger partial charge in [0.2, 0.25) is 0 Å². The summed E-state index contributed by atoms with van der Waals surface area (Å²) in [6.45, 7) is 0.741. The summed E-state index contributed by atoms with van der Waals surface area (Å²) in [7, 11) is 0. The average molecular weight is 323 g/mol. The fraction of sp³-hybridized carbons (Fsp3) is 0.400. The van der Waals surface area contributed by atoms with Crippen LogP contribution in [0.2, 0.25) is 0 Å². The fourth-order valence-electron chi connectivity index (χ4n) is 3.62. The number of carbonyl (C=O) groups is 1. The first-order valence-corrected chi connectivity index (χ1v) is 8.65. The van der Waals surface area contributed by atoms with Gasteiger partial charge in [0.1, 0.15) is 5.75 Å². The van der Waals surface area contributed by atoms with E-state index in [-0.39, 0.29) is 0 Å². The molecule has 1 aromatic heterocycles. The summed E-state index contributed by atoms with van der Waals surface area (Å²) < 4.78 is 5.88. The minimum absolute atomic E-state index is 0.362. The first-order valence-electron chi connectivity index (χ1n) is 8.65. The van der Waals surface area contributed by atoms with Crippen LogP contribution in [-0.2, 0) is 6.42 Å². The molecule has 0 spiro atoms. The third-order valence-electron chi connectivity index (χ3n) is 5.15. The number of fused-ring (bicyclic) bond motifs is 1. The Labute approximate surface area is 141 Å². The van der Waals surface area contributed by atoms with Gasteiger partial charge in [-0.25, -0.2) is 4.79 Å². The highest BCUT2D eigenvalue weighted by Crippen LogP contribution is 2.44. The van der Waals surface area contributed by atoms with Crippen LogP contribution >= 0.6 is 0 Å². The van der Waals surface area contributed by atoms with E-state index in [1.807, 2.05) is 0 Å². The van der Waals surface area contributed by atoms with E-state index in [1.54, 1.807) is 12.3 Å². The monoisotopic (exact) mass is 323 g/mol. The molecule has 24 heavy (non-hydrogen) atoms. The summed E-state index contributed by atoms with van der Waals surface area (Å²) in [5.41, 5.74) is 3.84. The normalized spacial score (nSPS) is 19.4. The predicted octanol–water partition coefficient (Wildman–Crippen LogP) is 4.16. The second-order valence-electron chi connectivity index (χ2n) is 6.78. The summed E-state index contributed by atoms with van der Waals surface area (Å²) >= 11 is 0. The number of aromatic carboxylic acids is 1. The van der Waals surface area contributed by atoms with Crippen molar-refractivity contribution in [2.24, 2.45) is 0 Å². The highest BCUT2D eigenvalue weighted by Gasteiger charge is 2.27. The molecule has 2 heterocycles. The summed E-state index contributed by atoms with van der Waals surface area (Å²) in [4.78, 5) is 15.4. The SMILES string of the molecule is O=C(O)c1ccncc1CC[C@@H]1CCOc2cc(C3CC3)ccc21. The number of ether oxygens (including phenoxy) is 1. The maximum absolute atomic E-state index is 11.3. The Morgan fingerprint density at radius 3 is 2.92 bits per heavy atom. The Balaban J connectivity index is 1.51. The second-order valence-corrected chi connectivity index (χ2v) is 6.78. The van der Waals surface area contributed by atoms with E-state index in [2.05, 4.69) is 23.2 Å². The number of nitrogens with zero attached hydrogens (tertiary/aromatic N) is 1. The van der Waals surface area contributed by atoms with Crippen molar-refractivity contribution in [1.29, 1.82) is 0 Å². The van der Waals surface area contributed by atoms with Gasteiger partial charge < -0.3 is 9.84 Å². The summed E-state index contributed by atoms with van der Waals surface area (Å²) in [6.07, 6.45) is 8.44. The molecular formula is C20H21NO3. The van der Waals surface area contributed by atoms with Crippen molar-refractivity contribution in [2.45, 2.75) is 43.9 Å². The quantitative estimate of drug-likeness (QED) is 0.897. The van der Waals surface area contributed by atoms with Crippen LogP contribution in [0.25, 0.3) is 0 Å². The van der Waals surface area contributed by atoms with E-state index < -0.39 is 5.97 Å². The lowest BCUT2D eigenvalue weighted by Gasteiger charge is -2.26. The molecule has 1 saturated carbocycles. The molecule has 0 unspecified atom stereocenters. The second kappa shape index (κ2) is 6.27. The Morgan fingerprint density at radius 1 is 1.25 bits per heavy atom. The molecule has 4 rings (SSSR count). The smallest absolute Gasteiger partial charge is 0.336 e. The number of carboxylic acid groups (broad SMARTS) is 1. The molecule has 0 radical (unpaired) electrons. The van der Waals surface area contributed by atoms with Crippen molar-refractivity contribution in [2.75, 3.05) is 6.61 Å². The number of hydrogen-bond donors (Lipinski definition) is 1. The zero-order valence-electron chi connectivity index (χ0n) is 13.6. The molecule has 1 fully saturated rings. The number of rotatable bonds is 5. The van der Waals surface area contributed by atoms with E-state index in [0.717, 1.165) is 43.1 Å². The molecule has 1 N–H and O–H groups in total. The van der Waals surface area contributed by atoms with Crippen LogP contribution in [0.4, 0.5) is 0 Å². The van der Waals surface area contributed by atoms with Gasteiger partial charge in [0.25, 0.3) is 0 Å². The number of aryl methyl sites for hydroxylation is 1. The zero-order valence-corrected chi connectivity index (χ0v) is 13.6. The standard InChI is InChI=1S/C20H21NO3/c22-20(23)18-7-9-21-12-16(18)4-3-14-8-10-24-19-11-15(13-1-2-13)5-6-17(14)19/h5-7,9,11-14H,1-4,8,10H2,(H,22,23)/t14-/m1/s1. The van der Waals surface area contributed by atoms with Crippen molar-refractivity contribution in [3.05, 3.63) is 58.9 Å². The maximum Gasteiger partial charge on any atom is 0.336 e. The largest absolute Gasteiger partial charge is 0.493 e. The molecule has 1 aliphatic carbocycles. The van der Waals surface area contributed by atoms with Crippen LogP contribution in [0.15, 0.2) is 36.7 Å². The lowest BCUT2D eigenvalue weighted by Crippen LogP contribution is -2.15. The van der Waals surface area contributed by atoms with E-state index >= 15 is 0 Å². The summed E-state index contributed by atoms with van der Waals surface area (Å²) in [5.74, 6) is 1.30. The minimum Gasteiger partial charge on any atom is -0.493 e. The van der Waals surface area contributed by atoms with Crippen molar-refractivity contribution < 1.29 is 14.6 Å². The Bertz CT molecular complexity index is 767. The van der Waals surface area contributed by atoms with Gasteiger partial charge in [-0.15, -0.1) is 0 Å². The summed E-state index contributed by atoms with van der Waals surface area (Å²) in [5, 5.41) is 9.30. The van der Waals surface area contributed by atoms with E-state index in [1.165, 1.54) is 30.2 Å². The van der Waals surface area contributed by atoms with Gasteiger partial charge >= 0.3 is 5.97 Å². The van der Waals surface area contributed by atoms with Crippen LogP contribution in [-0.4, -0.2) is 22.7 Å². The lowest BCUT2D eigenvalue weighted by molar-refractivity contribution is 0.0695. The van der Waals surface area contributed by atoms with Crippen molar-refractivity contribution in [3.8, 4) is 5.75 Å². The molecule has 4 heteroatoms. The predicted molar refractivity (Wildman–Crippen MR) is 90.8 cm³/mol. The molecule has 0 bridgehead atoms. The third-order valence-corrected chi connectivity index (χ3v) is 5.15. The van der Waals surface area contributed by atoms with E-state index in [4.69, 9.17) is 4.74 Å². The molecule has 2 aromatic rings. The molecule has 124 valence electrons. The van der Waals surface area contributed by atoms with Gasteiger partial charge in [0.15, 0.2) is 0 Å². The number of aromatic nitrogens is 1. The van der Waals surface area contributed by atoms with Crippen LogP contribution in [0, 0.1) is 0 Å². The maximum atomic E-state index is 11.3. The molecule has 1 aromatic carbocycles. The van der Waals surface area contributed by atoms with Gasteiger partial charge in [-0.3, -0.25) is 4.98 Å². The van der Waals surface area contributed by atoms with Crippen molar-refractivity contribution in [3.63, 3.8) is 0 Å². The van der Waals surface area contributed by atoms with Gasteiger partial charge in [0.05, 0.1) is 12.2 Å². The van der Waals surface area contributed by atoms with Crippen molar-refractivity contribution in [1.82, 2.24) is 4.98 Å².